The van der Waals surface area contributed by atoms with E-state index in [2.05, 4.69) is 185 Å². The molecule has 0 spiro atoms. The van der Waals surface area contributed by atoms with Gasteiger partial charge in [0, 0.05) is 34.1 Å². The van der Waals surface area contributed by atoms with Crippen LogP contribution in [0.2, 0.25) is 0 Å². The Kier molecular flexibility index (Phi) is 10.5. The summed E-state index contributed by atoms with van der Waals surface area (Å²) in [4.78, 5) is 4.80. The van der Waals surface area contributed by atoms with Gasteiger partial charge in [0.05, 0.1) is 0 Å². The first-order valence-corrected chi connectivity index (χ1v) is 19.2. The van der Waals surface area contributed by atoms with Crippen molar-refractivity contribution in [2.24, 2.45) is 0 Å². The number of anilines is 6. The van der Waals surface area contributed by atoms with Gasteiger partial charge in [0.2, 0.25) is 0 Å². The maximum Gasteiger partial charge on any atom is 0.0468 e. The summed E-state index contributed by atoms with van der Waals surface area (Å²) < 4.78 is 0. The van der Waals surface area contributed by atoms with Crippen molar-refractivity contribution in [2.75, 3.05) is 9.80 Å². The third-order valence-corrected chi connectivity index (χ3v) is 10.8. The molecular formula is C50H52N2. The molecule has 0 N–H and O–H groups in total. The van der Waals surface area contributed by atoms with Crippen molar-refractivity contribution in [3.05, 3.63) is 167 Å². The van der Waals surface area contributed by atoms with E-state index >= 15 is 0 Å². The first kappa shape index (κ1) is 35.1. The van der Waals surface area contributed by atoms with Gasteiger partial charge in [0.25, 0.3) is 0 Å². The molecular weight excluding hydrogens is 629 g/mol. The Morgan fingerprint density at radius 2 is 0.654 bits per heavy atom. The molecule has 0 saturated carbocycles. The Morgan fingerprint density at radius 3 is 0.981 bits per heavy atom. The first-order chi connectivity index (χ1) is 25.3. The lowest BCUT2D eigenvalue weighted by molar-refractivity contribution is 0.795. The highest BCUT2D eigenvalue weighted by Crippen LogP contribution is 2.42. The van der Waals surface area contributed by atoms with Gasteiger partial charge in [-0.25, -0.2) is 0 Å². The average molecular weight is 681 g/mol. The van der Waals surface area contributed by atoms with Crippen LogP contribution in [0.1, 0.15) is 72.9 Å². The molecule has 0 unspecified atom stereocenters. The van der Waals surface area contributed by atoms with Crippen LogP contribution in [0.5, 0.6) is 0 Å². The summed E-state index contributed by atoms with van der Waals surface area (Å²) in [6.45, 7) is 13.4. The molecule has 0 fully saturated rings. The minimum absolute atomic E-state index is 1.12. The van der Waals surface area contributed by atoms with Crippen LogP contribution in [0.4, 0.5) is 34.1 Å². The van der Waals surface area contributed by atoms with Crippen LogP contribution >= 0.6 is 0 Å². The molecule has 0 aliphatic rings. The van der Waals surface area contributed by atoms with Gasteiger partial charge in [-0.2, -0.15) is 0 Å². The van der Waals surface area contributed by atoms with Crippen molar-refractivity contribution >= 4 is 55.7 Å². The molecule has 262 valence electrons. The summed E-state index contributed by atoms with van der Waals surface area (Å²) in [6, 6.07) is 50.2. The largest absolute Gasteiger partial charge is 0.310 e. The fourth-order valence-corrected chi connectivity index (χ4v) is 7.50. The summed E-state index contributed by atoms with van der Waals surface area (Å²) >= 11 is 0. The molecule has 2 heteroatoms. The van der Waals surface area contributed by atoms with Gasteiger partial charge in [-0.3, -0.25) is 0 Å². The van der Waals surface area contributed by atoms with Crippen LogP contribution in [-0.2, 0) is 12.8 Å². The number of hydrogen-bond acceptors (Lipinski definition) is 2. The molecule has 2 nitrogen and oxygen atoms in total. The summed E-state index contributed by atoms with van der Waals surface area (Å²) in [5.41, 5.74) is 15.0. The molecule has 0 bridgehead atoms. The van der Waals surface area contributed by atoms with Crippen molar-refractivity contribution in [2.45, 2.75) is 80.1 Å². The van der Waals surface area contributed by atoms with Crippen LogP contribution in [0, 0.1) is 27.7 Å². The number of hydrogen-bond donors (Lipinski definition) is 0. The zero-order valence-corrected chi connectivity index (χ0v) is 31.8. The molecule has 0 aromatic heterocycles. The highest BCUT2D eigenvalue weighted by Gasteiger charge is 2.18. The number of nitrogens with zero attached hydrogens (tertiary/aromatic N) is 2. The van der Waals surface area contributed by atoms with E-state index in [1.165, 1.54) is 115 Å². The molecule has 0 radical (unpaired) electrons. The summed E-state index contributed by atoms with van der Waals surface area (Å²) in [5.74, 6) is 0. The minimum atomic E-state index is 1.12. The molecule has 7 rings (SSSR count). The zero-order chi connectivity index (χ0) is 36.2. The van der Waals surface area contributed by atoms with E-state index < -0.39 is 0 Å². The van der Waals surface area contributed by atoms with Crippen molar-refractivity contribution in [3.63, 3.8) is 0 Å². The number of aryl methyl sites for hydroxylation is 6. The fourth-order valence-electron chi connectivity index (χ4n) is 7.50. The van der Waals surface area contributed by atoms with Crippen LogP contribution in [-0.4, -0.2) is 0 Å². The molecule has 52 heavy (non-hydrogen) atoms. The lowest BCUT2D eigenvalue weighted by Gasteiger charge is -2.27. The maximum absolute atomic E-state index is 2.40. The highest BCUT2D eigenvalue weighted by atomic mass is 15.1. The smallest absolute Gasteiger partial charge is 0.0468 e. The lowest BCUT2D eigenvalue weighted by Crippen LogP contribution is -2.10. The first-order valence-electron chi connectivity index (χ1n) is 19.2. The second kappa shape index (κ2) is 15.5. The van der Waals surface area contributed by atoms with Crippen LogP contribution < -0.4 is 9.80 Å². The van der Waals surface area contributed by atoms with E-state index in [0.717, 1.165) is 12.8 Å². The predicted octanol–water partition coefficient (Wildman–Crippen LogP) is 14.9. The molecule has 0 aliphatic heterocycles. The normalized spacial score (nSPS) is 11.3. The van der Waals surface area contributed by atoms with E-state index in [4.69, 9.17) is 0 Å². The number of unbranched alkanes of at least 4 members (excludes halogenated alkanes) is 2. The predicted molar refractivity (Wildman–Crippen MR) is 227 cm³/mol. The van der Waals surface area contributed by atoms with E-state index in [1.54, 1.807) is 0 Å². The van der Waals surface area contributed by atoms with Gasteiger partial charge < -0.3 is 9.80 Å². The van der Waals surface area contributed by atoms with Crippen LogP contribution in [0.3, 0.4) is 0 Å². The number of fused-ring (bicyclic) bond motifs is 3. The van der Waals surface area contributed by atoms with E-state index in [1.807, 2.05) is 0 Å². The highest BCUT2D eigenvalue weighted by molar-refractivity contribution is 6.12. The van der Waals surface area contributed by atoms with Crippen molar-refractivity contribution in [1.29, 1.82) is 0 Å². The summed E-state index contributed by atoms with van der Waals surface area (Å²) in [6.07, 6.45) is 7.10. The van der Waals surface area contributed by atoms with Gasteiger partial charge in [-0.15, -0.1) is 0 Å². The van der Waals surface area contributed by atoms with E-state index in [9.17, 15) is 0 Å². The number of rotatable bonds is 12. The molecule has 0 saturated heterocycles. The Morgan fingerprint density at radius 1 is 0.346 bits per heavy atom. The molecule has 0 amide bonds. The SMILES string of the molecule is CCCCc1ccc(N(c2ccc(C)cc2)c2ccc3c(c2)c(C)c(C)c2cc(N(c4ccc(C)cc4)c4ccc(CCCC)cc4)ccc23)cc1. The topological polar surface area (TPSA) is 6.48 Å². The van der Waals surface area contributed by atoms with E-state index in [0.29, 0.717) is 0 Å². The Labute approximate surface area is 311 Å². The maximum atomic E-state index is 2.40. The molecule has 0 aliphatic carbocycles. The van der Waals surface area contributed by atoms with Gasteiger partial charge in [0.1, 0.15) is 0 Å². The standard InChI is InChI=1S/C50H52N2/c1-7-9-11-39-17-25-43(26-18-39)51(41-21-13-35(3)14-22-41)45-29-31-47-48-32-30-46(34-50(48)38(6)37(5)49(47)33-45)52(42-23-15-36(4)16-24-42)44-27-19-40(20-28-44)12-10-8-2/h13-34H,7-12H2,1-6H3. The van der Waals surface area contributed by atoms with Gasteiger partial charge in [-0.1, -0.05) is 98.5 Å². The quantitative estimate of drug-likeness (QED) is 0.119. The average Bonchev–Trinajstić information content (AvgIpc) is 3.18. The van der Waals surface area contributed by atoms with Crippen LogP contribution in [0.15, 0.2) is 133 Å². The second-order valence-electron chi connectivity index (χ2n) is 14.6. The third-order valence-electron chi connectivity index (χ3n) is 10.8. The Bertz CT molecular complexity index is 2110. The number of benzene rings is 7. The lowest BCUT2D eigenvalue weighted by atomic mass is 9.92. The molecule has 0 heterocycles. The molecule has 0 atom stereocenters. The van der Waals surface area contributed by atoms with Crippen molar-refractivity contribution in [1.82, 2.24) is 0 Å². The monoisotopic (exact) mass is 680 g/mol. The Balaban J connectivity index is 1.33. The minimum Gasteiger partial charge on any atom is -0.310 e. The third kappa shape index (κ3) is 7.21. The van der Waals surface area contributed by atoms with Gasteiger partial charge >= 0.3 is 0 Å². The second-order valence-corrected chi connectivity index (χ2v) is 14.6. The van der Waals surface area contributed by atoms with Crippen molar-refractivity contribution in [3.8, 4) is 0 Å². The van der Waals surface area contributed by atoms with Crippen molar-refractivity contribution < 1.29 is 0 Å². The summed E-state index contributed by atoms with van der Waals surface area (Å²) in [5, 5.41) is 5.17. The molecule has 7 aromatic rings. The Hall–Kier alpha value is -5.34. The van der Waals surface area contributed by atoms with Gasteiger partial charge in [-0.05, 0) is 170 Å². The van der Waals surface area contributed by atoms with Gasteiger partial charge in [0.15, 0.2) is 0 Å². The fraction of sp³-hybridized carbons (Fsp3) is 0.240. The zero-order valence-electron chi connectivity index (χ0n) is 31.8. The summed E-state index contributed by atoms with van der Waals surface area (Å²) in [7, 11) is 0. The van der Waals surface area contributed by atoms with Crippen LogP contribution in [0.25, 0.3) is 21.5 Å². The molecule has 7 aromatic carbocycles. The van der Waals surface area contributed by atoms with E-state index in [-0.39, 0.29) is 0 Å².